The molecule has 0 aliphatic carbocycles. The smallest absolute Gasteiger partial charge is 0.0753 e. The van der Waals surface area contributed by atoms with Gasteiger partial charge in [-0.15, -0.1) is 0 Å². The van der Waals surface area contributed by atoms with E-state index in [1.54, 1.807) is 48.7 Å². The zero-order valence-corrected chi connectivity index (χ0v) is 40.1. The van der Waals surface area contributed by atoms with Crippen LogP contribution < -0.4 is 10.6 Å². The second-order valence-electron chi connectivity index (χ2n) is 17.0. The molecular formula is C50H112N2S. The lowest BCUT2D eigenvalue weighted by molar-refractivity contribution is -0.627. The molecule has 4 N–H and O–H groups in total. The molecule has 0 radical (unpaired) electrons. The van der Waals surface area contributed by atoms with Crippen LogP contribution in [0.15, 0.2) is 0 Å². The average molecular weight is 774 g/mol. The lowest BCUT2D eigenvalue weighted by Gasteiger charge is -2.71. The largest absolute Gasteiger partial charge is 0.733 e. The Balaban J connectivity index is -0.00000177. The molecule has 2 nitrogen and oxygen atoms in total. The van der Waals surface area contributed by atoms with Gasteiger partial charge in [0.05, 0.1) is 27.2 Å². The highest BCUT2D eigenvalue weighted by Gasteiger charge is 2.03. The van der Waals surface area contributed by atoms with Gasteiger partial charge in [-0.25, -0.2) is 23.0 Å². The molecule has 328 valence electrons. The van der Waals surface area contributed by atoms with Gasteiger partial charge < -0.3 is 20.7 Å². The summed E-state index contributed by atoms with van der Waals surface area (Å²) >= 11 is 0. The van der Waals surface area contributed by atoms with Crippen molar-refractivity contribution in [3.8, 4) is 0 Å². The number of quaternary nitrogens is 2. The molecule has 0 aromatic carbocycles. The highest BCUT2D eigenvalue weighted by atomic mass is 32.3. The Bertz CT molecular complexity index is 480. The van der Waals surface area contributed by atoms with E-state index in [9.17, 15) is 0 Å². The van der Waals surface area contributed by atoms with E-state index in [0.29, 0.717) is 0 Å². The van der Waals surface area contributed by atoms with Crippen LogP contribution in [0.5, 0.6) is 0 Å². The van der Waals surface area contributed by atoms with E-state index in [1.807, 2.05) is 0 Å². The quantitative estimate of drug-likeness (QED) is 0.0580. The number of hydrogen-bond donors (Lipinski definition) is 2. The second kappa shape index (κ2) is 54.4. The van der Waals surface area contributed by atoms with Crippen molar-refractivity contribution in [1.82, 2.24) is 0 Å². The summed E-state index contributed by atoms with van der Waals surface area (Å²) < 4.78 is 0. The maximum atomic E-state index is 2.34. The van der Waals surface area contributed by atoms with Gasteiger partial charge in [0.15, 0.2) is 0 Å². The molecule has 0 saturated carbocycles. The SMILES string of the molecule is CCCCCCCCCC[S-2](CCCCCCCCCC)(CCCCCCCCCC)CCCCCCCCCC.CCCC[NH2+]C.CCCC[NH2+]C. The summed E-state index contributed by atoms with van der Waals surface area (Å²) in [6, 6.07) is 0. The predicted octanol–water partition coefficient (Wildman–Crippen LogP) is 14.7. The van der Waals surface area contributed by atoms with Gasteiger partial charge in [-0.05, 0) is 12.8 Å². The number of nitrogens with two attached hydrogens (primary N) is 2. The van der Waals surface area contributed by atoms with Crippen molar-refractivity contribution in [2.75, 3.05) is 50.2 Å². The molecule has 0 fully saturated rings. The number of rotatable bonds is 42. The number of unbranched alkanes of at least 4 members (excludes halogenated alkanes) is 30. The maximum Gasteiger partial charge on any atom is 0.0753 e. The van der Waals surface area contributed by atoms with Crippen molar-refractivity contribution in [2.45, 2.75) is 273 Å². The summed E-state index contributed by atoms with van der Waals surface area (Å²) in [6.45, 7) is 16.4. The fraction of sp³-hybridized carbons (Fsp3) is 1.00. The molecule has 0 saturated heterocycles. The highest BCUT2D eigenvalue weighted by molar-refractivity contribution is 8.14. The van der Waals surface area contributed by atoms with Crippen LogP contribution in [0.1, 0.15) is 273 Å². The maximum absolute atomic E-state index is 2.34. The topological polar surface area (TPSA) is 33.2 Å². The molecule has 0 aromatic heterocycles. The van der Waals surface area contributed by atoms with Crippen LogP contribution >= 0.6 is 0 Å². The third-order valence-corrected chi connectivity index (χ3v) is 16.0. The van der Waals surface area contributed by atoms with E-state index >= 15 is 0 Å². The number of hydrogen-bond acceptors (Lipinski definition) is 0. The summed E-state index contributed by atoms with van der Waals surface area (Å²) in [4.78, 5) is 0. The molecule has 0 aliphatic heterocycles. The Morgan fingerprint density at radius 2 is 0.396 bits per heavy atom. The zero-order valence-electron chi connectivity index (χ0n) is 39.3. The van der Waals surface area contributed by atoms with Crippen molar-refractivity contribution in [1.29, 1.82) is 0 Å². The third-order valence-electron chi connectivity index (χ3n) is 11.4. The summed E-state index contributed by atoms with van der Waals surface area (Å²) in [6.07, 6.45) is 52.8. The monoisotopic (exact) mass is 773 g/mol. The second-order valence-corrected chi connectivity index (χ2v) is 21.1. The fourth-order valence-corrected chi connectivity index (χ4v) is 12.1. The molecule has 53 heavy (non-hydrogen) atoms. The first kappa shape index (κ1) is 57.6. The lowest BCUT2D eigenvalue weighted by atomic mass is 10.1. The molecule has 0 amide bonds. The Morgan fingerprint density at radius 3 is 0.547 bits per heavy atom. The van der Waals surface area contributed by atoms with Gasteiger partial charge in [0.2, 0.25) is 0 Å². The van der Waals surface area contributed by atoms with Crippen molar-refractivity contribution in [3.05, 3.63) is 0 Å². The molecule has 0 bridgehead atoms. The van der Waals surface area contributed by atoms with E-state index in [4.69, 9.17) is 0 Å². The molecule has 0 spiro atoms. The Kier molecular flexibility index (Phi) is 59.1. The molecule has 0 aromatic rings. The zero-order chi connectivity index (χ0) is 39.6. The summed E-state index contributed by atoms with van der Waals surface area (Å²) in [5.74, 6) is 6.52. The Labute approximate surface area is 342 Å². The van der Waals surface area contributed by atoms with Gasteiger partial charge in [0.25, 0.3) is 0 Å². The molecule has 0 heterocycles. The Morgan fingerprint density at radius 1 is 0.226 bits per heavy atom. The van der Waals surface area contributed by atoms with Gasteiger partial charge in [-0.2, -0.15) is 0 Å². The summed E-state index contributed by atoms with van der Waals surface area (Å²) in [7, 11) is 3.81. The first-order chi connectivity index (χ1) is 26.1. The van der Waals surface area contributed by atoms with Crippen molar-refractivity contribution >= 4 is 10.0 Å². The molecule has 0 atom stereocenters. The predicted molar refractivity (Wildman–Crippen MR) is 253 cm³/mol. The molecule has 0 aliphatic rings. The summed E-state index contributed by atoms with van der Waals surface area (Å²) in [5, 5.41) is 4.42. The molecule has 3 heteroatoms. The fourth-order valence-electron chi connectivity index (χ4n) is 7.60. The standard InChI is InChI=1S/C40H84S.2C5H13N/c1-5-9-13-17-21-25-29-33-37-41(38-34-30-26-22-18-14-10-6-2,39-35-31-27-23-19-15-11-7-3)40-36-32-28-24-20-16-12-8-4;2*1-3-4-5-6-2/h5-40H2,1-4H3;2*6H,3-5H2,1-2H3/q-2;;/p+2. The first-order valence-corrected chi connectivity index (χ1v) is 27.7. The first-order valence-electron chi connectivity index (χ1n) is 25.4. The van der Waals surface area contributed by atoms with Gasteiger partial charge in [0, 0.05) is 0 Å². The van der Waals surface area contributed by atoms with E-state index in [1.165, 1.54) is 219 Å². The third kappa shape index (κ3) is 52.3. The van der Waals surface area contributed by atoms with Gasteiger partial charge in [0.1, 0.15) is 0 Å². The van der Waals surface area contributed by atoms with Crippen LogP contribution in [0.25, 0.3) is 0 Å². The van der Waals surface area contributed by atoms with Gasteiger partial charge >= 0.3 is 0 Å². The normalized spacial score (nSPS) is 11.6. The van der Waals surface area contributed by atoms with Crippen LogP contribution in [0, 0.1) is 0 Å². The van der Waals surface area contributed by atoms with Crippen molar-refractivity contribution < 1.29 is 10.6 Å². The van der Waals surface area contributed by atoms with Crippen molar-refractivity contribution in [3.63, 3.8) is 0 Å². The van der Waals surface area contributed by atoms with E-state index in [-0.39, 0.29) is 0 Å². The van der Waals surface area contributed by atoms with Crippen LogP contribution in [-0.2, 0) is 10.0 Å². The van der Waals surface area contributed by atoms with Crippen LogP contribution in [0.4, 0.5) is 0 Å². The van der Waals surface area contributed by atoms with Gasteiger partial charge in [-0.3, -0.25) is 0 Å². The Hall–Kier alpha value is 0.270. The lowest BCUT2D eigenvalue weighted by Crippen LogP contribution is -2.79. The minimum Gasteiger partial charge on any atom is -0.733 e. The minimum absolute atomic E-state index is 0.402. The highest BCUT2D eigenvalue weighted by Crippen LogP contribution is 2.28. The molecular weight excluding hydrogens is 661 g/mol. The van der Waals surface area contributed by atoms with Crippen molar-refractivity contribution in [2.24, 2.45) is 0 Å². The average Bonchev–Trinajstić information content (AvgIpc) is 3.17. The van der Waals surface area contributed by atoms with E-state index in [0.717, 1.165) is 0 Å². The molecule has 0 rings (SSSR count). The van der Waals surface area contributed by atoms with E-state index in [2.05, 4.69) is 66.3 Å². The summed E-state index contributed by atoms with van der Waals surface area (Å²) in [5.41, 5.74) is 0. The van der Waals surface area contributed by atoms with Crippen LogP contribution in [0.2, 0.25) is 0 Å². The minimum atomic E-state index is -0.402. The van der Waals surface area contributed by atoms with Crippen LogP contribution in [-0.4, -0.2) is 50.2 Å². The van der Waals surface area contributed by atoms with E-state index < -0.39 is 10.0 Å². The van der Waals surface area contributed by atoms with Gasteiger partial charge in [-0.1, -0.05) is 260 Å². The van der Waals surface area contributed by atoms with Crippen LogP contribution in [0.3, 0.4) is 0 Å². The molecule has 0 unspecified atom stereocenters.